The summed E-state index contributed by atoms with van der Waals surface area (Å²) in [5.74, 6) is -1.19. The van der Waals surface area contributed by atoms with E-state index in [1.807, 2.05) is 0 Å². The Hall–Kier alpha value is 1.54. The monoisotopic (exact) mass is 236 g/mol. The Morgan fingerprint density at radius 3 is 1.31 bits per heavy atom. The van der Waals surface area contributed by atoms with Crippen LogP contribution in [0.4, 0.5) is 0 Å². The Labute approximate surface area is 119 Å². The van der Waals surface area contributed by atoms with Crippen LogP contribution in [0.2, 0.25) is 0 Å². The number of hydrogen-bond acceptors (Lipinski definition) is 3. The Morgan fingerprint density at radius 1 is 1.23 bits per heavy atom. The average Bonchev–Trinajstić information content (AvgIpc) is 1.59. The fourth-order valence-corrected chi connectivity index (χ4v) is 0. The van der Waals surface area contributed by atoms with Crippen molar-refractivity contribution < 1.29 is 34.3 Å². The van der Waals surface area contributed by atoms with Gasteiger partial charge in [-0.15, -0.1) is 0 Å². The first-order valence-corrected chi connectivity index (χ1v) is 3.90. The van der Waals surface area contributed by atoms with E-state index in [4.69, 9.17) is 29.5 Å². The van der Waals surface area contributed by atoms with Gasteiger partial charge in [0.15, 0.2) is 0 Å². The zero-order chi connectivity index (χ0) is 9.65. The van der Waals surface area contributed by atoms with Crippen molar-refractivity contribution in [3.05, 3.63) is 0 Å². The molecule has 0 rings (SSSR count). The number of carbonyl (C=O) groups is 1. The Morgan fingerprint density at radius 2 is 1.31 bits per heavy atom. The van der Waals surface area contributed by atoms with Gasteiger partial charge in [0.2, 0.25) is 0 Å². The van der Waals surface area contributed by atoms with Gasteiger partial charge in [0.05, 0.1) is 0 Å². The molecule has 0 aromatic rings. The number of aliphatic hydroxyl groups is 1. The van der Waals surface area contributed by atoms with Crippen LogP contribution in [0.5, 0.6) is 0 Å². The van der Waals surface area contributed by atoms with Gasteiger partial charge >= 0.3 is 72.9 Å². The van der Waals surface area contributed by atoms with Crippen molar-refractivity contribution in [1.82, 2.24) is 0 Å². The second-order valence-electron chi connectivity index (χ2n) is 1.53. The number of rotatable bonds is 1. The summed E-state index contributed by atoms with van der Waals surface area (Å²) < 4.78 is 8.88. The molecule has 0 fully saturated rings. The van der Waals surface area contributed by atoms with Crippen LogP contribution in [0.25, 0.3) is 0 Å². The van der Waals surface area contributed by atoms with Crippen LogP contribution in [0, 0.1) is 0 Å². The van der Waals surface area contributed by atoms with E-state index >= 15 is 0 Å². The maximum atomic E-state index is 9.45. The fraction of sp³-hybridized carbons (Fsp3) is 0.667. The molecule has 0 bridgehead atoms. The molecular formula is C3H11Na2O7P. The molecule has 7 nitrogen and oxygen atoms in total. The van der Waals surface area contributed by atoms with Gasteiger partial charge in [-0.05, 0) is 6.92 Å². The summed E-state index contributed by atoms with van der Waals surface area (Å²) in [5, 5.41) is 15.8. The van der Waals surface area contributed by atoms with Gasteiger partial charge in [0, 0.05) is 0 Å². The van der Waals surface area contributed by atoms with E-state index in [1.165, 1.54) is 6.92 Å². The van der Waals surface area contributed by atoms with Crippen LogP contribution < -0.4 is 0 Å². The van der Waals surface area contributed by atoms with Crippen molar-refractivity contribution in [2.45, 2.75) is 13.0 Å². The summed E-state index contributed by atoms with van der Waals surface area (Å²) in [6.07, 6.45) is -1.23. The average molecular weight is 236 g/mol. The molecule has 1 atom stereocenters. The first-order chi connectivity index (χ1) is 4.64. The molecule has 0 aliphatic rings. The van der Waals surface area contributed by atoms with Crippen LogP contribution >= 0.6 is 7.82 Å². The summed E-state index contributed by atoms with van der Waals surface area (Å²) in [5.41, 5.74) is 0. The van der Waals surface area contributed by atoms with Crippen molar-refractivity contribution in [3.8, 4) is 0 Å². The molecule has 5 N–H and O–H groups in total. The Bertz CT molecular complexity index is 157. The third kappa shape index (κ3) is 58.8. The molecular weight excluding hydrogens is 225 g/mol. The minimum absolute atomic E-state index is 0. The minimum atomic E-state index is -4.64. The number of aliphatic carboxylic acids is 1. The molecule has 0 aliphatic heterocycles. The number of carboxylic acids is 1. The fourth-order valence-electron chi connectivity index (χ4n) is 0. The maximum absolute atomic E-state index is 9.45. The standard InChI is InChI=1S/C3H6O3.2Na.H3O4P.2H/c1-2(4)3(5)6;;;1-5(2,3)4;;/h2,4H,1H3,(H,5,6);;;(H3,1,2,3,4);;. The van der Waals surface area contributed by atoms with Gasteiger partial charge in [-0.25, -0.2) is 9.36 Å². The first-order valence-electron chi connectivity index (χ1n) is 2.33. The second kappa shape index (κ2) is 11.6. The van der Waals surface area contributed by atoms with E-state index in [2.05, 4.69) is 0 Å². The van der Waals surface area contributed by atoms with Crippen molar-refractivity contribution in [2.24, 2.45) is 0 Å². The molecule has 0 heterocycles. The summed E-state index contributed by atoms with van der Waals surface area (Å²) in [6.45, 7) is 1.20. The molecule has 0 saturated carbocycles. The molecule has 72 valence electrons. The van der Waals surface area contributed by atoms with Crippen LogP contribution in [0.15, 0.2) is 0 Å². The predicted octanol–water partition coefficient (Wildman–Crippen LogP) is -2.77. The molecule has 0 amide bonds. The normalized spacial score (nSPS) is 10.8. The molecule has 13 heavy (non-hydrogen) atoms. The van der Waals surface area contributed by atoms with Gasteiger partial charge in [0.25, 0.3) is 0 Å². The summed E-state index contributed by atoms with van der Waals surface area (Å²) in [4.78, 5) is 31.0. The summed E-state index contributed by atoms with van der Waals surface area (Å²) in [7, 11) is -4.64. The zero-order valence-corrected chi connectivity index (χ0v) is 6.47. The number of phosphoric acid groups is 1. The molecule has 0 aliphatic carbocycles. The van der Waals surface area contributed by atoms with E-state index in [0.717, 1.165) is 0 Å². The van der Waals surface area contributed by atoms with E-state index in [1.54, 1.807) is 0 Å². The Kier molecular flexibility index (Phi) is 21.4. The van der Waals surface area contributed by atoms with Gasteiger partial charge in [0.1, 0.15) is 6.10 Å². The molecule has 0 radical (unpaired) electrons. The number of hydrogen-bond donors (Lipinski definition) is 5. The zero-order valence-electron chi connectivity index (χ0n) is 5.58. The first kappa shape index (κ1) is 24.0. The molecule has 10 heteroatoms. The molecule has 0 aromatic carbocycles. The molecule has 1 unspecified atom stereocenters. The summed E-state index contributed by atoms with van der Waals surface area (Å²) >= 11 is 0. The summed E-state index contributed by atoms with van der Waals surface area (Å²) in [6, 6.07) is 0. The predicted molar refractivity (Wildman–Crippen MR) is 47.9 cm³/mol. The van der Waals surface area contributed by atoms with Crippen LogP contribution in [0.3, 0.4) is 0 Å². The molecule has 0 saturated heterocycles. The topological polar surface area (TPSA) is 135 Å². The number of aliphatic hydroxyl groups excluding tert-OH is 1. The Balaban J connectivity index is -0.0000000546. The van der Waals surface area contributed by atoms with Gasteiger partial charge in [-0.3, -0.25) is 0 Å². The third-order valence-electron chi connectivity index (χ3n) is 0.357. The van der Waals surface area contributed by atoms with Crippen molar-refractivity contribution in [1.29, 1.82) is 0 Å². The van der Waals surface area contributed by atoms with Gasteiger partial charge in [-0.1, -0.05) is 0 Å². The van der Waals surface area contributed by atoms with Crippen molar-refractivity contribution >= 4 is 72.9 Å². The van der Waals surface area contributed by atoms with Crippen LogP contribution in [-0.2, 0) is 9.36 Å². The van der Waals surface area contributed by atoms with Crippen molar-refractivity contribution in [3.63, 3.8) is 0 Å². The van der Waals surface area contributed by atoms with Gasteiger partial charge < -0.3 is 24.9 Å². The van der Waals surface area contributed by atoms with Crippen molar-refractivity contribution in [2.75, 3.05) is 0 Å². The second-order valence-corrected chi connectivity index (χ2v) is 2.55. The third-order valence-corrected chi connectivity index (χ3v) is 0.357. The van der Waals surface area contributed by atoms with E-state index < -0.39 is 19.9 Å². The molecule has 0 aromatic heterocycles. The van der Waals surface area contributed by atoms with E-state index in [-0.39, 0.29) is 59.1 Å². The van der Waals surface area contributed by atoms with E-state index in [0.29, 0.717) is 0 Å². The van der Waals surface area contributed by atoms with Crippen LogP contribution in [0.1, 0.15) is 6.92 Å². The quantitative estimate of drug-likeness (QED) is 0.245. The van der Waals surface area contributed by atoms with E-state index in [9.17, 15) is 4.79 Å². The van der Waals surface area contributed by atoms with Gasteiger partial charge in [-0.2, -0.15) is 0 Å². The van der Waals surface area contributed by atoms with Crippen LogP contribution in [-0.4, -0.2) is 96.1 Å². The number of carboxylic acid groups (broad SMARTS) is 1. The SMILES string of the molecule is CC(O)C(=O)O.O=P(O)(O)O.[NaH].[NaH]. The molecule has 0 spiro atoms.